The van der Waals surface area contributed by atoms with Gasteiger partial charge in [0.2, 0.25) is 0 Å². The lowest BCUT2D eigenvalue weighted by atomic mass is 10.3. The summed E-state index contributed by atoms with van der Waals surface area (Å²) in [6.45, 7) is 5.08. The van der Waals surface area contributed by atoms with Crippen LogP contribution in [0.5, 0.6) is 0 Å². The molecular weight excluding hydrogens is 212 g/mol. The zero-order valence-electron chi connectivity index (χ0n) is 8.99. The third-order valence-corrected chi connectivity index (χ3v) is 2.78. The molecule has 0 aromatic carbocycles. The van der Waals surface area contributed by atoms with Gasteiger partial charge < -0.3 is 10.4 Å². The zero-order valence-corrected chi connectivity index (χ0v) is 9.80. The molecule has 1 heterocycles. The van der Waals surface area contributed by atoms with Crippen LogP contribution in [-0.2, 0) is 17.6 Å². The van der Waals surface area contributed by atoms with Gasteiger partial charge in [-0.1, -0.05) is 13.8 Å². The maximum atomic E-state index is 10.4. The molecule has 0 bridgehead atoms. The van der Waals surface area contributed by atoms with Crippen molar-refractivity contribution in [2.45, 2.75) is 32.7 Å². The first-order chi connectivity index (χ1) is 7.08. The van der Waals surface area contributed by atoms with E-state index >= 15 is 0 Å². The molecule has 0 saturated heterocycles. The Balaban J connectivity index is 2.36. The lowest BCUT2D eigenvalue weighted by Crippen LogP contribution is -2.24. The Kier molecular flexibility index (Phi) is 4.71. The van der Waals surface area contributed by atoms with Crippen LogP contribution in [0.15, 0.2) is 5.38 Å². The molecule has 0 unspecified atom stereocenters. The molecule has 0 amide bonds. The molecule has 0 saturated carbocycles. The van der Waals surface area contributed by atoms with E-state index in [1.165, 1.54) is 11.3 Å². The molecule has 1 rings (SSSR count). The second-order valence-corrected chi connectivity index (χ2v) is 4.60. The third-order valence-electron chi connectivity index (χ3n) is 1.82. The van der Waals surface area contributed by atoms with Crippen LogP contribution in [0.2, 0.25) is 0 Å². The molecule has 0 fully saturated rings. The summed E-state index contributed by atoms with van der Waals surface area (Å²) in [5.74, 6) is -0.827. The lowest BCUT2D eigenvalue weighted by molar-refractivity contribution is -0.136. The maximum absolute atomic E-state index is 10.4. The van der Waals surface area contributed by atoms with Crippen molar-refractivity contribution in [1.82, 2.24) is 10.3 Å². The van der Waals surface area contributed by atoms with E-state index in [1.807, 2.05) is 5.38 Å². The maximum Gasteiger partial charge on any atom is 0.309 e. The van der Waals surface area contributed by atoms with Crippen LogP contribution in [0.1, 0.15) is 24.5 Å². The molecule has 0 aliphatic heterocycles. The van der Waals surface area contributed by atoms with E-state index < -0.39 is 5.97 Å². The van der Waals surface area contributed by atoms with Crippen LogP contribution in [0.3, 0.4) is 0 Å². The number of hydrogen-bond acceptors (Lipinski definition) is 4. The number of aliphatic carboxylic acids is 1. The standard InChI is InChI=1S/C10H16N2O2S/c1-7(2)11-4-3-9-12-8(6-15-9)5-10(13)14/h6-7,11H,3-5H2,1-2H3,(H,13,14). The minimum Gasteiger partial charge on any atom is -0.481 e. The van der Waals surface area contributed by atoms with Gasteiger partial charge in [0.1, 0.15) is 0 Å². The fourth-order valence-electron chi connectivity index (χ4n) is 1.17. The third kappa shape index (κ3) is 4.90. The monoisotopic (exact) mass is 228 g/mol. The highest BCUT2D eigenvalue weighted by Crippen LogP contribution is 2.10. The Hall–Kier alpha value is -0.940. The van der Waals surface area contributed by atoms with Crippen molar-refractivity contribution >= 4 is 17.3 Å². The van der Waals surface area contributed by atoms with Gasteiger partial charge in [-0.3, -0.25) is 4.79 Å². The number of carboxylic acid groups (broad SMARTS) is 1. The molecule has 1 aromatic heterocycles. The SMILES string of the molecule is CC(C)NCCc1nc(CC(=O)O)cs1. The number of hydrogen-bond donors (Lipinski definition) is 2. The van der Waals surface area contributed by atoms with Crippen LogP contribution in [-0.4, -0.2) is 28.6 Å². The number of rotatable bonds is 6. The topological polar surface area (TPSA) is 62.2 Å². The first-order valence-corrected chi connectivity index (χ1v) is 5.84. The number of nitrogens with one attached hydrogen (secondary N) is 1. The van der Waals surface area contributed by atoms with Crippen LogP contribution in [0.25, 0.3) is 0 Å². The van der Waals surface area contributed by atoms with Crippen LogP contribution >= 0.6 is 11.3 Å². The number of carbonyl (C=O) groups is 1. The smallest absolute Gasteiger partial charge is 0.309 e. The van der Waals surface area contributed by atoms with Crippen LogP contribution in [0, 0.1) is 0 Å². The van der Waals surface area contributed by atoms with E-state index in [0.717, 1.165) is 18.0 Å². The van der Waals surface area contributed by atoms with Gasteiger partial charge in [-0.15, -0.1) is 11.3 Å². The molecule has 0 atom stereocenters. The molecule has 84 valence electrons. The van der Waals surface area contributed by atoms with E-state index in [2.05, 4.69) is 24.1 Å². The van der Waals surface area contributed by atoms with Crippen molar-refractivity contribution in [2.24, 2.45) is 0 Å². The molecule has 4 nitrogen and oxygen atoms in total. The van der Waals surface area contributed by atoms with Gasteiger partial charge in [-0.25, -0.2) is 4.98 Å². The van der Waals surface area contributed by atoms with Gasteiger partial charge in [0, 0.05) is 24.4 Å². The highest BCUT2D eigenvalue weighted by Gasteiger charge is 2.05. The quantitative estimate of drug-likeness (QED) is 0.770. The van der Waals surface area contributed by atoms with Crippen molar-refractivity contribution in [3.05, 3.63) is 16.1 Å². The number of nitrogens with zero attached hydrogens (tertiary/aromatic N) is 1. The van der Waals surface area contributed by atoms with E-state index in [9.17, 15) is 4.79 Å². The summed E-state index contributed by atoms with van der Waals surface area (Å²) in [7, 11) is 0. The summed E-state index contributed by atoms with van der Waals surface area (Å²) in [4.78, 5) is 14.7. The molecule has 2 N–H and O–H groups in total. The largest absolute Gasteiger partial charge is 0.481 e. The van der Waals surface area contributed by atoms with Crippen LogP contribution in [0.4, 0.5) is 0 Å². The molecule has 0 aliphatic rings. The summed E-state index contributed by atoms with van der Waals surface area (Å²) < 4.78 is 0. The fourth-order valence-corrected chi connectivity index (χ4v) is 1.97. The predicted molar refractivity (Wildman–Crippen MR) is 60.3 cm³/mol. The highest BCUT2D eigenvalue weighted by atomic mass is 32.1. The van der Waals surface area contributed by atoms with Crippen LogP contribution < -0.4 is 5.32 Å². The lowest BCUT2D eigenvalue weighted by Gasteiger charge is -2.05. The van der Waals surface area contributed by atoms with Gasteiger partial charge >= 0.3 is 5.97 Å². The van der Waals surface area contributed by atoms with E-state index in [0.29, 0.717) is 11.7 Å². The predicted octanol–water partition coefficient (Wildman–Crippen LogP) is 1.31. The van der Waals surface area contributed by atoms with Gasteiger partial charge in [-0.05, 0) is 0 Å². The highest BCUT2D eigenvalue weighted by molar-refractivity contribution is 7.09. The second kappa shape index (κ2) is 5.82. The molecule has 1 aromatic rings. The average molecular weight is 228 g/mol. The average Bonchev–Trinajstić information content (AvgIpc) is 2.50. The van der Waals surface area contributed by atoms with E-state index in [1.54, 1.807) is 0 Å². The fraction of sp³-hybridized carbons (Fsp3) is 0.600. The van der Waals surface area contributed by atoms with Gasteiger partial charge in [0.15, 0.2) is 0 Å². The Morgan fingerprint density at radius 2 is 2.40 bits per heavy atom. The van der Waals surface area contributed by atoms with Gasteiger partial charge in [0.05, 0.1) is 17.1 Å². The summed E-state index contributed by atoms with van der Waals surface area (Å²) in [6, 6.07) is 0.475. The summed E-state index contributed by atoms with van der Waals surface area (Å²) in [6.07, 6.45) is 0.885. The summed E-state index contributed by atoms with van der Waals surface area (Å²) in [5, 5.41) is 14.7. The molecular formula is C10H16N2O2S. The minimum absolute atomic E-state index is 0.0219. The van der Waals surface area contributed by atoms with Crippen molar-refractivity contribution in [3.63, 3.8) is 0 Å². The second-order valence-electron chi connectivity index (χ2n) is 3.66. The molecule has 0 radical (unpaired) electrons. The minimum atomic E-state index is -0.827. The first kappa shape index (κ1) is 12.1. The number of aromatic nitrogens is 1. The summed E-state index contributed by atoms with van der Waals surface area (Å²) >= 11 is 1.53. The van der Waals surface area contributed by atoms with E-state index in [4.69, 9.17) is 5.11 Å². The Labute approximate surface area is 93.4 Å². The zero-order chi connectivity index (χ0) is 11.3. The van der Waals surface area contributed by atoms with Gasteiger partial charge in [0.25, 0.3) is 0 Å². The molecule has 0 aliphatic carbocycles. The van der Waals surface area contributed by atoms with Crippen molar-refractivity contribution in [3.8, 4) is 0 Å². The summed E-state index contributed by atoms with van der Waals surface area (Å²) in [5.41, 5.74) is 0.659. The molecule has 5 heteroatoms. The molecule has 15 heavy (non-hydrogen) atoms. The van der Waals surface area contributed by atoms with Crippen molar-refractivity contribution < 1.29 is 9.90 Å². The Morgan fingerprint density at radius 3 is 3.00 bits per heavy atom. The van der Waals surface area contributed by atoms with Crippen molar-refractivity contribution in [2.75, 3.05) is 6.54 Å². The number of thiazole rings is 1. The van der Waals surface area contributed by atoms with Gasteiger partial charge in [-0.2, -0.15) is 0 Å². The Bertz CT molecular complexity index is 323. The number of carboxylic acids is 1. The van der Waals surface area contributed by atoms with Crippen molar-refractivity contribution in [1.29, 1.82) is 0 Å². The Morgan fingerprint density at radius 1 is 1.67 bits per heavy atom. The normalized spacial score (nSPS) is 10.9. The molecule has 0 spiro atoms. The first-order valence-electron chi connectivity index (χ1n) is 4.96. The van der Waals surface area contributed by atoms with E-state index in [-0.39, 0.29) is 6.42 Å².